The fraction of sp³-hybridized carbons (Fsp3) is 0.214. The van der Waals surface area contributed by atoms with Crippen molar-refractivity contribution in [2.75, 3.05) is 0 Å². The Hall–Kier alpha value is -1.87. The minimum Gasteiger partial charge on any atom is -0.482 e. The van der Waals surface area contributed by atoms with Crippen LogP contribution in [-0.2, 0) is 6.42 Å². The highest BCUT2D eigenvalue weighted by molar-refractivity contribution is 5.37. The number of nitrogens with zero attached hydrogens (tertiary/aromatic N) is 1. The van der Waals surface area contributed by atoms with Gasteiger partial charge in [-0.05, 0) is 30.2 Å². The van der Waals surface area contributed by atoms with Crippen LogP contribution < -0.4 is 10.5 Å². The number of hydrogen-bond donors (Lipinski definition) is 1. The molecule has 2 N–H and O–H groups in total. The molecule has 1 aromatic heterocycles. The number of nitrogens with two attached hydrogens (primary N) is 1. The first-order valence-corrected chi connectivity index (χ1v) is 5.75. The van der Waals surface area contributed by atoms with Gasteiger partial charge in [-0.15, -0.1) is 0 Å². The highest BCUT2D eigenvalue weighted by Crippen LogP contribution is 2.33. The first-order valence-electron chi connectivity index (χ1n) is 5.75. The molecule has 2 unspecified atom stereocenters. The maximum Gasteiger partial charge on any atom is 0.156 e. The molecule has 0 amide bonds. The highest BCUT2D eigenvalue weighted by Gasteiger charge is 2.29. The third-order valence-corrected chi connectivity index (χ3v) is 3.05. The quantitative estimate of drug-likeness (QED) is 0.810. The molecule has 3 rings (SSSR count). The predicted octanol–water partition coefficient (Wildman–Crippen LogP) is 2.09. The van der Waals surface area contributed by atoms with E-state index in [9.17, 15) is 0 Å². The standard InChI is InChI=1S/C14H14N2O/c15-11-9-10-5-1-2-7-13(10)17-14(11)12-6-3-4-8-16-12/h1-8,11,14H,9,15H2. The van der Waals surface area contributed by atoms with Crippen molar-refractivity contribution >= 4 is 0 Å². The van der Waals surface area contributed by atoms with Crippen LogP contribution in [0.4, 0.5) is 0 Å². The summed E-state index contributed by atoms with van der Waals surface area (Å²) in [6.07, 6.45) is 2.45. The van der Waals surface area contributed by atoms with E-state index in [-0.39, 0.29) is 12.1 Å². The van der Waals surface area contributed by atoms with Gasteiger partial charge in [0, 0.05) is 6.20 Å². The molecule has 0 aliphatic carbocycles. The van der Waals surface area contributed by atoms with Gasteiger partial charge in [-0.2, -0.15) is 0 Å². The Labute approximate surface area is 100 Å². The topological polar surface area (TPSA) is 48.1 Å². The third kappa shape index (κ3) is 1.89. The monoisotopic (exact) mass is 226 g/mol. The fourth-order valence-electron chi connectivity index (χ4n) is 2.20. The van der Waals surface area contributed by atoms with E-state index in [1.165, 1.54) is 5.56 Å². The van der Waals surface area contributed by atoms with Crippen molar-refractivity contribution in [3.05, 3.63) is 59.9 Å². The lowest BCUT2D eigenvalue weighted by Crippen LogP contribution is -2.37. The van der Waals surface area contributed by atoms with Crippen LogP contribution >= 0.6 is 0 Å². The van der Waals surface area contributed by atoms with Crippen molar-refractivity contribution in [3.63, 3.8) is 0 Å². The number of hydrogen-bond acceptors (Lipinski definition) is 3. The largest absolute Gasteiger partial charge is 0.482 e. The molecule has 2 heterocycles. The Morgan fingerprint density at radius 1 is 1.12 bits per heavy atom. The third-order valence-electron chi connectivity index (χ3n) is 3.05. The first kappa shape index (κ1) is 10.3. The Morgan fingerprint density at radius 2 is 1.94 bits per heavy atom. The molecule has 0 saturated heterocycles. The lowest BCUT2D eigenvalue weighted by molar-refractivity contribution is 0.149. The van der Waals surface area contributed by atoms with E-state index in [1.807, 2.05) is 36.4 Å². The summed E-state index contributed by atoms with van der Waals surface area (Å²) in [5.41, 5.74) is 8.23. The minimum absolute atomic E-state index is 0.0419. The van der Waals surface area contributed by atoms with Crippen LogP contribution in [0.15, 0.2) is 48.7 Å². The number of pyridine rings is 1. The summed E-state index contributed by atoms with van der Waals surface area (Å²) in [5, 5.41) is 0. The normalized spacial score (nSPS) is 22.6. The molecule has 1 aliphatic heterocycles. The van der Waals surface area contributed by atoms with Crippen LogP contribution in [-0.4, -0.2) is 11.0 Å². The minimum atomic E-state index is -0.147. The average molecular weight is 226 g/mol. The summed E-state index contributed by atoms with van der Waals surface area (Å²) in [6, 6.07) is 13.8. The van der Waals surface area contributed by atoms with Crippen molar-refractivity contribution in [2.24, 2.45) is 5.73 Å². The van der Waals surface area contributed by atoms with Crippen LogP contribution in [0.1, 0.15) is 17.4 Å². The predicted molar refractivity (Wildman–Crippen MR) is 65.7 cm³/mol. The average Bonchev–Trinajstić information content (AvgIpc) is 2.39. The molecule has 3 nitrogen and oxygen atoms in total. The van der Waals surface area contributed by atoms with Gasteiger partial charge in [-0.3, -0.25) is 4.98 Å². The van der Waals surface area contributed by atoms with Gasteiger partial charge >= 0.3 is 0 Å². The summed E-state index contributed by atoms with van der Waals surface area (Å²) < 4.78 is 5.94. The molecular weight excluding hydrogens is 212 g/mol. The van der Waals surface area contributed by atoms with E-state index >= 15 is 0 Å². The molecule has 1 aliphatic rings. The van der Waals surface area contributed by atoms with Crippen molar-refractivity contribution in [1.82, 2.24) is 4.98 Å². The zero-order valence-electron chi connectivity index (χ0n) is 9.41. The number of ether oxygens (including phenoxy) is 1. The summed E-state index contributed by atoms with van der Waals surface area (Å²) in [7, 11) is 0. The van der Waals surface area contributed by atoms with Gasteiger partial charge in [0.15, 0.2) is 6.10 Å². The molecule has 2 aromatic rings. The lowest BCUT2D eigenvalue weighted by Gasteiger charge is -2.30. The van der Waals surface area contributed by atoms with Crippen molar-refractivity contribution in [1.29, 1.82) is 0 Å². The van der Waals surface area contributed by atoms with E-state index in [0.29, 0.717) is 0 Å². The maximum absolute atomic E-state index is 6.16. The molecule has 0 fully saturated rings. The van der Waals surface area contributed by atoms with Crippen LogP contribution in [0, 0.1) is 0 Å². The summed E-state index contributed by atoms with van der Waals surface area (Å²) in [5.74, 6) is 0.921. The maximum atomic E-state index is 6.16. The van der Waals surface area contributed by atoms with Crippen molar-refractivity contribution < 1.29 is 4.74 Å². The zero-order valence-corrected chi connectivity index (χ0v) is 9.41. The molecule has 3 heteroatoms. The fourth-order valence-corrected chi connectivity index (χ4v) is 2.20. The van der Waals surface area contributed by atoms with E-state index in [2.05, 4.69) is 11.1 Å². The smallest absolute Gasteiger partial charge is 0.156 e. The number of rotatable bonds is 1. The molecule has 86 valence electrons. The second kappa shape index (κ2) is 4.18. The molecular formula is C14H14N2O. The molecule has 0 spiro atoms. The van der Waals surface area contributed by atoms with Gasteiger partial charge in [0.25, 0.3) is 0 Å². The Balaban J connectivity index is 1.95. The van der Waals surface area contributed by atoms with Gasteiger partial charge < -0.3 is 10.5 Å². The number of benzene rings is 1. The van der Waals surface area contributed by atoms with Crippen LogP contribution in [0.5, 0.6) is 5.75 Å². The first-order chi connectivity index (χ1) is 8.34. The zero-order chi connectivity index (χ0) is 11.7. The molecule has 2 atom stereocenters. The number of fused-ring (bicyclic) bond motifs is 1. The van der Waals surface area contributed by atoms with E-state index < -0.39 is 0 Å². The van der Waals surface area contributed by atoms with E-state index in [1.54, 1.807) is 6.20 Å². The van der Waals surface area contributed by atoms with Gasteiger partial charge in [0.2, 0.25) is 0 Å². The second-order valence-corrected chi connectivity index (χ2v) is 4.27. The van der Waals surface area contributed by atoms with E-state index in [4.69, 9.17) is 10.5 Å². The Morgan fingerprint density at radius 3 is 2.76 bits per heavy atom. The molecule has 1 aromatic carbocycles. The molecule has 0 radical (unpaired) electrons. The molecule has 17 heavy (non-hydrogen) atoms. The van der Waals surface area contributed by atoms with Crippen LogP contribution in [0.25, 0.3) is 0 Å². The van der Waals surface area contributed by atoms with Gasteiger partial charge in [-0.25, -0.2) is 0 Å². The molecule has 0 saturated carbocycles. The van der Waals surface area contributed by atoms with Crippen molar-refractivity contribution in [2.45, 2.75) is 18.6 Å². The van der Waals surface area contributed by atoms with Crippen LogP contribution in [0.3, 0.4) is 0 Å². The summed E-state index contributed by atoms with van der Waals surface area (Å²) in [6.45, 7) is 0. The van der Waals surface area contributed by atoms with Gasteiger partial charge in [-0.1, -0.05) is 24.3 Å². The van der Waals surface area contributed by atoms with Crippen LogP contribution in [0.2, 0.25) is 0 Å². The number of para-hydroxylation sites is 1. The van der Waals surface area contributed by atoms with Crippen molar-refractivity contribution in [3.8, 4) is 5.75 Å². The number of aromatic nitrogens is 1. The highest BCUT2D eigenvalue weighted by atomic mass is 16.5. The van der Waals surface area contributed by atoms with E-state index in [0.717, 1.165) is 17.9 Å². The molecule has 0 bridgehead atoms. The van der Waals surface area contributed by atoms with Gasteiger partial charge in [0.05, 0.1) is 11.7 Å². The van der Waals surface area contributed by atoms with Gasteiger partial charge in [0.1, 0.15) is 5.75 Å². The summed E-state index contributed by atoms with van der Waals surface area (Å²) >= 11 is 0. The SMILES string of the molecule is NC1Cc2ccccc2OC1c1ccccn1. The Bertz CT molecular complexity index is 513. The summed E-state index contributed by atoms with van der Waals surface area (Å²) in [4.78, 5) is 4.32. The Kier molecular flexibility index (Phi) is 2.53. The second-order valence-electron chi connectivity index (χ2n) is 4.27. The lowest BCUT2D eigenvalue weighted by atomic mass is 9.96.